The molecule has 1 fully saturated rings. The fourth-order valence-electron chi connectivity index (χ4n) is 2.95. The fourth-order valence-corrected chi connectivity index (χ4v) is 2.95. The molecule has 1 aliphatic carbocycles. The van der Waals surface area contributed by atoms with E-state index in [4.69, 9.17) is 4.74 Å². The largest absolute Gasteiger partial charge is 0.494 e. The van der Waals surface area contributed by atoms with Crippen LogP contribution in [-0.2, 0) is 0 Å². The summed E-state index contributed by atoms with van der Waals surface area (Å²) in [5.41, 5.74) is 1.42. The molecule has 0 bridgehead atoms. The molecule has 1 unspecified atom stereocenters. The summed E-state index contributed by atoms with van der Waals surface area (Å²) in [5.74, 6) is 2.59. The number of hydrogen-bond acceptors (Lipinski definition) is 1. The lowest BCUT2D eigenvalue weighted by Crippen LogP contribution is -2.10. The average molecular weight is 260 g/mol. The van der Waals surface area contributed by atoms with Crippen LogP contribution in [-0.4, -0.2) is 6.61 Å². The highest BCUT2D eigenvalue weighted by atomic mass is 16.5. The van der Waals surface area contributed by atoms with Crippen molar-refractivity contribution in [3.63, 3.8) is 0 Å². The summed E-state index contributed by atoms with van der Waals surface area (Å²) in [7, 11) is 0. The van der Waals surface area contributed by atoms with Gasteiger partial charge in [0.15, 0.2) is 0 Å². The molecule has 0 amide bonds. The number of rotatable bonds is 6. The minimum absolute atomic E-state index is 0.649. The van der Waals surface area contributed by atoms with Gasteiger partial charge in [-0.05, 0) is 42.4 Å². The first-order valence-electron chi connectivity index (χ1n) is 8.02. The Balaban J connectivity index is 1.73. The Kier molecular flexibility index (Phi) is 5.75. The lowest BCUT2D eigenvalue weighted by molar-refractivity contribution is 0.246. The highest BCUT2D eigenvalue weighted by Gasteiger charge is 2.13. The second-order valence-corrected chi connectivity index (χ2v) is 6.02. The number of benzene rings is 1. The van der Waals surface area contributed by atoms with Crippen LogP contribution in [0, 0.1) is 5.92 Å². The maximum atomic E-state index is 5.88. The van der Waals surface area contributed by atoms with Crippen molar-refractivity contribution < 1.29 is 4.74 Å². The molecule has 0 aromatic heterocycles. The van der Waals surface area contributed by atoms with Crippen molar-refractivity contribution in [1.29, 1.82) is 0 Å². The predicted molar refractivity (Wildman–Crippen MR) is 81.8 cm³/mol. The summed E-state index contributed by atoms with van der Waals surface area (Å²) in [6.07, 6.45) is 9.54. The van der Waals surface area contributed by atoms with E-state index in [0.29, 0.717) is 5.92 Å². The molecule has 1 heteroatoms. The number of ether oxygens (including phenoxy) is 1. The Morgan fingerprint density at radius 1 is 1.11 bits per heavy atom. The third-order valence-corrected chi connectivity index (χ3v) is 4.58. The van der Waals surface area contributed by atoms with Crippen molar-refractivity contribution in [2.24, 2.45) is 5.92 Å². The van der Waals surface area contributed by atoms with Crippen molar-refractivity contribution in [3.05, 3.63) is 29.8 Å². The summed E-state index contributed by atoms with van der Waals surface area (Å²) in [4.78, 5) is 0. The quantitative estimate of drug-likeness (QED) is 0.651. The molecule has 1 atom stereocenters. The first kappa shape index (κ1) is 14.4. The summed E-state index contributed by atoms with van der Waals surface area (Å²) in [5, 5.41) is 0. The van der Waals surface area contributed by atoms with Gasteiger partial charge in [-0.1, -0.05) is 58.1 Å². The standard InChI is InChI=1S/C18H28O/c1-3-15(2)17-9-11-18(12-10-17)19-14-13-16-7-5-4-6-8-16/h9-12,15-16H,3-8,13-14H2,1-2H3. The zero-order valence-electron chi connectivity index (χ0n) is 12.5. The van der Waals surface area contributed by atoms with Crippen LogP contribution in [0.4, 0.5) is 0 Å². The van der Waals surface area contributed by atoms with E-state index < -0.39 is 0 Å². The van der Waals surface area contributed by atoms with E-state index in [9.17, 15) is 0 Å². The van der Waals surface area contributed by atoms with E-state index in [1.165, 1.54) is 50.5 Å². The molecule has 0 N–H and O–H groups in total. The van der Waals surface area contributed by atoms with Crippen LogP contribution in [0.25, 0.3) is 0 Å². The van der Waals surface area contributed by atoms with Crippen LogP contribution >= 0.6 is 0 Å². The minimum atomic E-state index is 0.649. The molecule has 2 rings (SSSR count). The van der Waals surface area contributed by atoms with Gasteiger partial charge in [-0.15, -0.1) is 0 Å². The summed E-state index contributed by atoms with van der Waals surface area (Å²) >= 11 is 0. The number of hydrogen-bond donors (Lipinski definition) is 0. The highest BCUT2D eigenvalue weighted by molar-refractivity contribution is 5.29. The van der Waals surface area contributed by atoms with Gasteiger partial charge in [0.2, 0.25) is 0 Å². The van der Waals surface area contributed by atoms with Gasteiger partial charge in [-0.25, -0.2) is 0 Å². The van der Waals surface area contributed by atoms with Gasteiger partial charge in [-0.3, -0.25) is 0 Å². The van der Waals surface area contributed by atoms with E-state index in [2.05, 4.69) is 38.1 Å². The highest BCUT2D eigenvalue weighted by Crippen LogP contribution is 2.27. The van der Waals surface area contributed by atoms with Crippen molar-refractivity contribution in [3.8, 4) is 5.75 Å². The Morgan fingerprint density at radius 2 is 1.79 bits per heavy atom. The molecular weight excluding hydrogens is 232 g/mol. The second kappa shape index (κ2) is 7.57. The lowest BCUT2D eigenvalue weighted by atomic mass is 9.87. The molecule has 0 aliphatic heterocycles. The van der Waals surface area contributed by atoms with E-state index >= 15 is 0 Å². The molecule has 0 radical (unpaired) electrons. The molecule has 19 heavy (non-hydrogen) atoms. The van der Waals surface area contributed by atoms with Gasteiger partial charge in [-0.2, -0.15) is 0 Å². The Bertz CT molecular complexity index is 348. The van der Waals surface area contributed by atoms with Crippen LogP contribution < -0.4 is 4.74 Å². The van der Waals surface area contributed by atoms with Gasteiger partial charge in [0.1, 0.15) is 5.75 Å². The summed E-state index contributed by atoms with van der Waals surface area (Å²) in [6, 6.07) is 8.68. The molecule has 1 aromatic rings. The lowest BCUT2D eigenvalue weighted by Gasteiger charge is -2.21. The van der Waals surface area contributed by atoms with Crippen LogP contribution in [0.2, 0.25) is 0 Å². The topological polar surface area (TPSA) is 9.23 Å². The maximum absolute atomic E-state index is 5.88. The van der Waals surface area contributed by atoms with E-state index in [0.717, 1.165) is 18.3 Å². The van der Waals surface area contributed by atoms with Crippen LogP contribution in [0.15, 0.2) is 24.3 Å². The molecule has 1 aliphatic rings. The van der Waals surface area contributed by atoms with E-state index in [-0.39, 0.29) is 0 Å². The molecule has 1 nitrogen and oxygen atoms in total. The zero-order chi connectivity index (χ0) is 13.5. The Hall–Kier alpha value is -0.980. The smallest absolute Gasteiger partial charge is 0.119 e. The van der Waals surface area contributed by atoms with Gasteiger partial charge < -0.3 is 4.74 Å². The molecule has 0 spiro atoms. The first-order chi connectivity index (χ1) is 9.29. The summed E-state index contributed by atoms with van der Waals surface area (Å²) < 4.78 is 5.88. The Morgan fingerprint density at radius 3 is 2.42 bits per heavy atom. The first-order valence-corrected chi connectivity index (χ1v) is 8.02. The normalized spacial score (nSPS) is 18.2. The van der Waals surface area contributed by atoms with Crippen molar-refractivity contribution >= 4 is 0 Å². The van der Waals surface area contributed by atoms with E-state index in [1.54, 1.807) is 0 Å². The minimum Gasteiger partial charge on any atom is -0.494 e. The molecule has 1 saturated carbocycles. The molecule has 106 valence electrons. The second-order valence-electron chi connectivity index (χ2n) is 6.02. The molecule has 1 aromatic carbocycles. The van der Waals surface area contributed by atoms with Gasteiger partial charge in [0, 0.05) is 0 Å². The third-order valence-electron chi connectivity index (χ3n) is 4.58. The fraction of sp³-hybridized carbons (Fsp3) is 0.667. The average Bonchev–Trinajstić information content (AvgIpc) is 2.48. The maximum Gasteiger partial charge on any atom is 0.119 e. The molecule has 0 saturated heterocycles. The van der Waals surface area contributed by atoms with Gasteiger partial charge in [0.05, 0.1) is 6.61 Å². The van der Waals surface area contributed by atoms with E-state index in [1.807, 2.05) is 0 Å². The predicted octanol–water partition coefficient (Wildman–Crippen LogP) is 5.55. The Labute approximate surface area is 118 Å². The van der Waals surface area contributed by atoms with Crippen molar-refractivity contribution in [2.45, 2.75) is 64.7 Å². The van der Waals surface area contributed by atoms with Crippen LogP contribution in [0.3, 0.4) is 0 Å². The monoisotopic (exact) mass is 260 g/mol. The summed E-state index contributed by atoms with van der Waals surface area (Å²) in [6.45, 7) is 5.39. The van der Waals surface area contributed by atoms with Crippen LogP contribution in [0.5, 0.6) is 5.75 Å². The zero-order valence-corrected chi connectivity index (χ0v) is 12.5. The van der Waals surface area contributed by atoms with Gasteiger partial charge >= 0.3 is 0 Å². The molecule has 0 heterocycles. The van der Waals surface area contributed by atoms with Gasteiger partial charge in [0.25, 0.3) is 0 Å². The van der Waals surface area contributed by atoms with Crippen LogP contribution in [0.1, 0.15) is 70.3 Å². The van der Waals surface area contributed by atoms with Crippen molar-refractivity contribution in [1.82, 2.24) is 0 Å². The SMILES string of the molecule is CCC(C)c1ccc(OCCC2CCCCC2)cc1. The molecular formula is C18H28O. The van der Waals surface area contributed by atoms with Crippen molar-refractivity contribution in [2.75, 3.05) is 6.61 Å². The third kappa shape index (κ3) is 4.56.